The standard InChI is InChI=1S/C23H45NO2S.2Na.2H/c1-6-7-8-9-10-11-12-13-14-15-16-17-23(4,5)19(2)20(3)24-21(18-27)22(25)26;;;;/h21,24,27H,6-18H2,1-5H3,(H,25,26);;;;/q;2*+1;2*-1. The molecule has 3 nitrogen and oxygen atoms in total. The molecule has 0 heterocycles. The van der Waals surface area contributed by atoms with Crippen LogP contribution in [0, 0.1) is 5.41 Å². The Labute approximate surface area is 234 Å². The predicted octanol–water partition coefficient (Wildman–Crippen LogP) is 1.21. The van der Waals surface area contributed by atoms with Crippen LogP contribution < -0.4 is 64.4 Å². The zero-order valence-corrected chi connectivity index (χ0v) is 25.5. The first-order valence-corrected chi connectivity index (χ1v) is 11.7. The molecule has 0 aromatic heterocycles. The van der Waals surface area contributed by atoms with Crippen LogP contribution in [0.2, 0.25) is 0 Å². The summed E-state index contributed by atoms with van der Waals surface area (Å²) in [6, 6.07) is -0.624. The van der Waals surface area contributed by atoms with Gasteiger partial charge in [0.2, 0.25) is 0 Å². The molecular formula is C23H47NNa2O2S. The van der Waals surface area contributed by atoms with Crippen molar-refractivity contribution in [3.8, 4) is 0 Å². The van der Waals surface area contributed by atoms with Crippen molar-refractivity contribution in [2.45, 2.75) is 118 Å². The minimum Gasteiger partial charge on any atom is -1.00 e. The number of allylic oxidation sites excluding steroid dienone is 2. The molecule has 0 saturated carbocycles. The Bertz CT molecular complexity index is 453. The van der Waals surface area contributed by atoms with Gasteiger partial charge in [-0.1, -0.05) is 91.4 Å². The van der Waals surface area contributed by atoms with Gasteiger partial charge in [-0.05, 0) is 31.3 Å². The summed E-state index contributed by atoms with van der Waals surface area (Å²) >= 11 is 4.13. The maximum Gasteiger partial charge on any atom is 1.00 e. The number of carbonyl (C=O) groups is 1. The number of carboxylic acid groups (broad SMARTS) is 1. The Morgan fingerprint density at radius 3 is 1.72 bits per heavy atom. The third-order valence-electron chi connectivity index (χ3n) is 5.85. The number of rotatable bonds is 17. The van der Waals surface area contributed by atoms with Gasteiger partial charge in [-0.3, -0.25) is 0 Å². The van der Waals surface area contributed by atoms with Crippen LogP contribution in [0.25, 0.3) is 0 Å². The van der Waals surface area contributed by atoms with Crippen molar-refractivity contribution in [3.05, 3.63) is 11.3 Å². The van der Waals surface area contributed by atoms with Crippen LogP contribution in [0.1, 0.15) is 115 Å². The molecule has 0 aromatic carbocycles. The summed E-state index contributed by atoms with van der Waals surface area (Å²) in [5.41, 5.74) is 2.32. The second-order valence-corrected chi connectivity index (χ2v) is 9.00. The largest absolute Gasteiger partial charge is 1.00 e. The van der Waals surface area contributed by atoms with Crippen LogP contribution in [-0.4, -0.2) is 22.9 Å². The first kappa shape index (κ1) is 35.0. The number of thiol groups is 1. The average molecular weight is 448 g/mol. The van der Waals surface area contributed by atoms with Gasteiger partial charge < -0.3 is 13.3 Å². The number of hydrogen-bond donors (Lipinski definition) is 3. The molecular weight excluding hydrogens is 400 g/mol. The van der Waals surface area contributed by atoms with E-state index in [9.17, 15) is 9.90 Å². The summed E-state index contributed by atoms with van der Waals surface area (Å²) in [7, 11) is 0. The summed E-state index contributed by atoms with van der Waals surface area (Å²) < 4.78 is 0. The summed E-state index contributed by atoms with van der Waals surface area (Å²) in [5.74, 6) is -0.556. The number of unbranched alkanes of at least 4 members (excludes halogenated alkanes) is 10. The fraction of sp³-hybridized carbons (Fsp3) is 0.870. The molecule has 0 saturated heterocycles. The summed E-state index contributed by atoms with van der Waals surface area (Å²) in [6.45, 7) is 10.9. The fourth-order valence-corrected chi connectivity index (χ4v) is 3.73. The van der Waals surface area contributed by atoms with Gasteiger partial charge in [0.25, 0.3) is 0 Å². The molecule has 0 aliphatic rings. The van der Waals surface area contributed by atoms with Crippen LogP contribution in [0.5, 0.6) is 0 Å². The molecule has 29 heavy (non-hydrogen) atoms. The molecule has 0 aromatic rings. The van der Waals surface area contributed by atoms with Crippen molar-refractivity contribution in [1.29, 1.82) is 0 Å². The molecule has 0 amide bonds. The van der Waals surface area contributed by atoms with E-state index < -0.39 is 12.0 Å². The third kappa shape index (κ3) is 17.6. The molecule has 0 spiro atoms. The molecule has 0 bridgehead atoms. The predicted molar refractivity (Wildman–Crippen MR) is 124 cm³/mol. The van der Waals surface area contributed by atoms with Crippen molar-refractivity contribution in [3.63, 3.8) is 0 Å². The fourth-order valence-electron chi connectivity index (χ4n) is 3.48. The Morgan fingerprint density at radius 1 is 0.931 bits per heavy atom. The first-order valence-electron chi connectivity index (χ1n) is 11.0. The number of aliphatic carboxylic acids is 1. The molecule has 6 heteroatoms. The quantitative estimate of drug-likeness (QED) is 0.179. The van der Waals surface area contributed by atoms with E-state index in [0.29, 0.717) is 5.75 Å². The zero-order chi connectivity index (χ0) is 20.7. The van der Waals surface area contributed by atoms with E-state index in [-0.39, 0.29) is 67.4 Å². The number of carboxylic acids is 1. The van der Waals surface area contributed by atoms with Gasteiger partial charge in [0.05, 0.1) is 0 Å². The molecule has 1 atom stereocenters. The monoisotopic (exact) mass is 447 g/mol. The van der Waals surface area contributed by atoms with Crippen molar-refractivity contribution >= 4 is 18.6 Å². The van der Waals surface area contributed by atoms with E-state index in [1.54, 1.807) is 0 Å². The molecule has 0 fully saturated rings. The second kappa shape index (κ2) is 21.2. The van der Waals surface area contributed by atoms with Crippen molar-refractivity contribution in [1.82, 2.24) is 5.32 Å². The Hall–Kier alpha value is 1.36. The topological polar surface area (TPSA) is 49.3 Å². The Morgan fingerprint density at radius 2 is 1.34 bits per heavy atom. The van der Waals surface area contributed by atoms with E-state index in [2.05, 4.69) is 45.6 Å². The van der Waals surface area contributed by atoms with Gasteiger partial charge in [-0.2, -0.15) is 12.6 Å². The molecule has 0 radical (unpaired) electrons. The smallest absolute Gasteiger partial charge is 1.00 e. The molecule has 2 N–H and O–H groups in total. The third-order valence-corrected chi connectivity index (χ3v) is 6.22. The Balaban J connectivity index is -0.000000563. The van der Waals surface area contributed by atoms with E-state index in [1.807, 2.05) is 6.92 Å². The average Bonchev–Trinajstić information content (AvgIpc) is 2.62. The van der Waals surface area contributed by atoms with E-state index in [4.69, 9.17) is 0 Å². The zero-order valence-electron chi connectivity index (χ0n) is 22.6. The van der Waals surface area contributed by atoms with Crippen LogP contribution >= 0.6 is 12.6 Å². The minimum atomic E-state index is -0.847. The van der Waals surface area contributed by atoms with Gasteiger partial charge in [0.1, 0.15) is 6.04 Å². The van der Waals surface area contributed by atoms with Crippen LogP contribution in [0.15, 0.2) is 11.3 Å². The maximum absolute atomic E-state index is 11.2. The van der Waals surface area contributed by atoms with E-state index in [0.717, 1.165) is 12.1 Å². The van der Waals surface area contributed by atoms with Crippen molar-refractivity contribution in [2.24, 2.45) is 5.41 Å². The second-order valence-electron chi connectivity index (χ2n) is 8.64. The van der Waals surface area contributed by atoms with Crippen molar-refractivity contribution in [2.75, 3.05) is 5.75 Å². The molecule has 1 unspecified atom stereocenters. The van der Waals surface area contributed by atoms with Gasteiger partial charge in [-0.25, -0.2) is 4.79 Å². The van der Waals surface area contributed by atoms with Gasteiger partial charge >= 0.3 is 65.1 Å². The summed E-state index contributed by atoms with van der Waals surface area (Å²) in [4.78, 5) is 11.2. The maximum atomic E-state index is 11.2. The molecule has 0 aliphatic carbocycles. The van der Waals surface area contributed by atoms with Gasteiger partial charge in [-0.15, -0.1) is 0 Å². The first-order chi connectivity index (χ1) is 12.8. The van der Waals surface area contributed by atoms with Crippen LogP contribution in [0.4, 0.5) is 0 Å². The number of hydrogen-bond acceptors (Lipinski definition) is 3. The molecule has 164 valence electrons. The van der Waals surface area contributed by atoms with Gasteiger partial charge in [0.15, 0.2) is 0 Å². The van der Waals surface area contributed by atoms with Crippen LogP contribution in [-0.2, 0) is 4.79 Å². The number of nitrogens with one attached hydrogen (secondary N) is 1. The summed E-state index contributed by atoms with van der Waals surface area (Å²) in [5, 5.41) is 12.3. The van der Waals surface area contributed by atoms with E-state index >= 15 is 0 Å². The van der Waals surface area contributed by atoms with Crippen LogP contribution in [0.3, 0.4) is 0 Å². The van der Waals surface area contributed by atoms with E-state index in [1.165, 1.54) is 76.2 Å². The normalized spacial score (nSPS) is 13.0. The Kier molecular flexibility index (Phi) is 25.6. The van der Waals surface area contributed by atoms with Crippen molar-refractivity contribution < 1.29 is 71.9 Å². The molecule has 0 rings (SSSR count). The SMILES string of the molecule is CCCCCCCCCCCCCC(C)(C)C(C)=C(C)NC(CS)C(=O)O.[H-].[H-].[Na+].[Na+]. The summed E-state index contributed by atoms with van der Waals surface area (Å²) in [6.07, 6.45) is 16.1. The van der Waals surface area contributed by atoms with Gasteiger partial charge in [0, 0.05) is 11.4 Å². The minimum absolute atomic E-state index is 0. The molecule has 0 aliphatic heterocycles.